The van der Waals surface area contributed by atoms with Crippen LogP contribution >= 0.6 is 65.4 Å². The Morgan fingerprint density at radius 2 is 1.71 bits per heavy atom. The number of aryl methyl sites for hydroxylation is 3. The van der Waals surface area contributed by atoms with Crippen molar-refractivity contribution in [1.29, 1.82) is 0 Å². The topological polar surface area (TPSA) is 246 Å². The van der Waals surface area contributed by atoms with Crippen molar-refractivity contribution in [3.63, 3.8) is 0 Å². The maximum absolute atomic E-state index is 12.8. The number of nitrogens with zero attached hydrogens (tertiary/aromatic N) is 5. The number of amides is 2. The van der Waals surface area contributed by atoms with Crippen molar-refractivity contribution in [2.75, 3.05) is 59.8 Å². The second-order valence-electron chi connectivity index (χ2n) is 15.3. The summed E-state index contributed by atoms with van der Waals surface area (Å²) in [6, 6.07) is 14.6. The van der Waals surface area contributed by atoms with Crippen molar-refractivity contribution in [3.8, 4) is 11.4 Å². The molecular formula is C42H55Cl5F2N7O11PS. The van der Waals surface area contributed by atoms with Gasteiger partial charge in [0.2, 0.25) is 15.9 Å². The summed E-state index contributed by atoms with van der Waals surface area (Å²) in [4.78, 5) is 57.3. The van der Waals surface area contributed by atoms with E-state index in [4.69, 9.17) is 83.2 Å². The van der Waals surface area contributed by atoms with E-state index >= 15 is 0 Å². The first kappa shape index (κ1) is 61.1. The Balaban J connectivity index is 0.000000325. The summed E-state index contributed by atoms with van der Waals surface area (Å²) in [5.74, 6) is -1.11. The minimum atomic E-state index is -3.65. The molecule has 1 aromatic heterocycles. The molecule has 4 aromatic rings. The van der Waals surface area contributed by atoms with Gasteiger partial charge in [-0.25, -0.2) is 17.8 Å². The molecule has 18 nitrogen and oxygen atoms in total. The highest BCUT2D eigenvalue weighted by Gasteiger charge is 2.32. The van der Waals surface area contributed by atoms with E-state index in [1.165, 1.54) is 19.7 Å². The van der Waals surface area contributed by atoms with Crippen LogP contribution in [0.25, 0.3) is 5.69 Å². The lowest BCUT2D eigenvalue weighted by Crippen LogP contribution is -2.47. The van der Waals surface area contributed by atoms with E-state index in [-0.39, 0.29) is 74.2 Å². The molecule has 2 heterocycles. The molecule has 69 heavy (non-hydrogen) atoms. The van der Waals surface area contributed by atoms with Crippen molar-refractivity contribution in [3.05, 3.63) is 92.1 Å². The number of carboxylic acids is 1. The first-order valence-corrected chi connectivity index (χ1v) is 26.9. The van der Waals surface area contributed by atoms with Crippen molar-refractivity contribution in [2.45, 2.75) is 77.0 Å². The van der Waals surface area contributed by atoms with Gasteiger partial charge in [0.15, 0.2) is 12.2 Å². The van der Waals surface area contributed by atoms with Gasteiger partial charge in [0.05, 0.1) is 57.7 Å². The van der Waals surface area contributed by atoms with Crippen LogP contribution < -0.4 is 30.7 Å². The number of carbonyl (C=O) groups excluding carboxylic acids is 2. The van der Waals surface area contributed by atoms with Crippen LogP contribution in [0.5, 0.6) is 5.75 Å². The third-order valence-electron chi connectivity index (χ3n) is 9.55. The predicted octanol–water partition coefficient (Wildman–Crippen LogP) is 7.87. The van der Waals surface area contributed by atoms with E-state index in [1.54, 1.807) is 16.9 Å². The number of alkyl halides is 5. The number of aliphatic carboxylic acids is 1. The third kappa shape index (κ3) is 18.3. The number of anilines is 3. The van der Waals surface area contributed by atoms with Crippen LogP contribution in [0.4, 0.5) is 25.8 Å². The van der Waals surface area contributed by atoms with Gasteiger partial charge in [-0.1, -0.05) is 83.7 Å². The Kier molecular flexibility index (Phi) is 24.4. The van der Waals surface area contributed by atoms with Gasteiger partial charge in [0.25, 0.3) is 5.91 Å². The predicted molar refractivity (Wildman–Crippen MR) is 268 cm³/mol. The van der Waals surface area contributed by atoms with E-state index in [0.717, 1.165) is 41.2 Å². The highest BCUT2D eigenvalue weighted by atomic mass is 35.5. The summed E-state index contributed by atoms with van der Waals surface area (Å²) in [5.41, 5.74) is 7.75. The van der Waals surface area contributed by atoms with E-state index in [9.17, 15) is 40.9 Å². The number of nitrogens with two attached hydrogens (primary N) is 1. The summed E-state index contributed by atoms with van der Waals surface area (Å²) < 4.78 is 72.6. The summed E-state index contributed by atoms with van der Waals surface area (Å²) in [5, 5.41) is 11.9. The molecule has 4 unspecified atom stereocenters. The SMILES string of the molecule is CC1COc2ccccc2N1C(=O)C(Cl)Cl.CCc1cccc(C)c1N(C(=O)CCl)C(C)COC.CP(=O)(O)CCC(N)C(=O)O.Cc1nn(-c2cc(NS(C)(=O)=O)c(Cl)cc2Cl)c(=O)n1C(F)F. The van der Waals surface area contributed by atoms with Crippen LogP contribution in [0.2, 0.25) is 10.0 Å². The molecule has 5 rings (SSSR count). The molecule has 0 saturated heterocycles. The summed E-state index contributed by atoms with van der Waals surface area (Å²) in [6.07, 6.45) is 1.78. The number of fused-ring (bicyclic) bond motifs is 1. The van der Waals surface area contributed by atoms with E-state index in [1.807, 2.05) is 57.2 Å². The summed E-state index contributed by atoms with van der Waals surface area (Å²) in [7, 11) is -5.11. The standard InChI is InChI=1S/C15H22ClNO2.C11H10Cl2F2N4O3S.C11H11Cl2NO2.C5H12NO4P/c1-5-13-8-6-7-11(2)15(13)17(14(18)9-16)12(3)10-19-4;1-5-16-19(11(20)18(5)10(14)15)9-4-8(17-23(2,21)22)6(12)3-7(9)13;1-7-6-16-9-5-3-2-4-8(9)14(7)11(15)10(12)13;1-11(9,10)3-2-4(6)5(7)8/h6-8,12H,5,9-10H2,1-4H3;3-4,10,17H,1-2H3;2-5,7,10H,6H2,1H3;4H,2-3,6H2,1H3,(H,7,8)(H,9,10). The second-order valence-corrected chi connectivity index (χ2v) is 21.8. The minimum Gasteiger partial charge on any atom is -0.489 e. The van der Waals surface area contributed by atoms with Crippen LogP contribution in [0.1, 0.15) is 50.7 Å². The summed E-state index contributed by atoms with van der Waals surface area (Å²) in [6.45, 7) is 8.24. The average molecular weight is 1110 g/mol. The molecule has 27 heteroatoms. The highest BCUT2D eigenvalue weighted by molar-refractivity contribution is 7.92. The number of halogens is 7. The van der Waals surface area contributed by atoms with Crippen molar-refractivity contribution >= 4 is 110 Å². The molecule has 384 valence electrons. The number of carboxylic acid groups (broad SMARTS) is 1. The zero-order valence-corrected chi connectivity index (χ0v) is 44.2. The van der Waals surface area contributed by atoms with Gasteiger partial charge in [0.1, 0.15) is 30.1 Å². The van der Waals surface area contributed by atoms with Crippen LogP contribution in [-0.2, 0) is 40.1 Å². The fourth-order valence-electron chi connectivity index (χ4n) is 6.40. The number of hydrogen-bond donors (Lipinski definition) is 4. The van der Waals surface area contributed by atoms with Gasteiger partial charge in [-0.15, -0.1) is 16.7 Å². The van der Waals surface area contributed by atoms with Crippen molar-refractivity contribution < 1.29 is 55.6 Å². The van der Waals surface area contributed by atoms with Gasteiger partial charge in [-0.3, -0.25) is 23.7 Å². The fourth-order valence-corrected chi connectivity index (χ4v) is 8.63. The molecule has 3 aromatic carbocycles. The fraction of sp³-hybridized carbons (Fsp3) is 0.452. The number of benzene rings is 3. The molecule has 1 aliphatic rings. The molecule has 0 spiro atoms. The van der Waals surface area contributed by atoms with Crippen molar-refractivity contribution in [2.24, 2.45) is 5.73 Å². The number of aromatic nitrogens is 3. The molecule has 0 radical (unpaired) electrons. The number of sulfonamides is 1. The Morgan fingerprint density at radius 1 is 1.09 bits per heavy atom. The van der Waals surface area contributed by atoms with Gasteiger partial charge in [-0.2, -0.15) is 13.5 Å². The van der Waals surface area contributed by atoms with E-state index in [0.29, 0.717) is 23.6 Å². The molecule has 0 saturated carbocycles. The molecular weight excluding hydrogens is 1060 g/mol. The Labute approximate surface area is 424 Å². The maximum atomic E-state index is 12.8. The Morgan fingerprint density at radius 3 is 2.22 bits per heavy atom. The van der Waals surface area contributed by atoms with Crippen LogP contribution in [-0.4, -0.2) is 119 Å². The third-order valence-corrected chi connectivity index (χ3v) is 12.4. The first-order valence-electron chi connectivity index (χ1n) is 20.5. The lowest BCUT2D eigenvalue weighted by molar-refractivity contribution is -0.138. The minimum absolute atomic E-state index is 0.0223. The van der Waals surface area contributed by atoms with Crippen molar-refractivity contribution in [1.82, 2.24) is 14.3 Å². The zero-order chi connectivity index (χ0) is 52.7. The van der Waals surface area contributed by atoms with Gasteiger partial charge < -0.3 is 35.0 Å². The highest BCUT2D eigenvalue weighted by Crippen LogP contribution is 2.37. The second kappa shape index (κ2) is 27.5. The largest absolute Gasteiger partial charge is 0.489 e. The summed E-state index contributed by atoms with van der Waals surface area (Å²) >= 11 is 28.8. The zero-order valence-electron chi connectivity index (χ0n) is 38.7. The lowest BCUT2D eigenvalue weighted by Gasteiger charge is -2.35. The quantitative estimate of drug-likeness (QED) is 0.0655. The molecule has 0 aliphatic carbocycles. The number of carbonyl (C=O) groups is 3. The molecule has 4 atom stereocenters. The molecule has 5 N–H and O–H groups in total. The van der Waals surface area contributed by atoms with Gasteiger partial charge in [0, 0.05) is 19.9 Å². The van der Waals surface area contributed by atoms with E-state index in [2.05, 4.69) is 22.8 Å². The molecule has 0 bridgehead atoms. The number of hydrogen-bond acceptors (Lipinski definition) is 11. The Bertz CT molecular complexity index is 2620. The van der Waals surface area contributed by atoms with Crippen LogP contribution in [0, 0.1) is 13.8 Å². The smallest absolute Gasteiger partial charge is 0.355 e. The average Bonchev–Trinajstić information content (AvgIpc) is 3.56. The molecule has 0 fully saturated rings. The Hall–Kier alpha value is -4.02. The molecule has 1 aliphatic heterocycles. The normalized spacial score (nSPS) is 14.8. The first-order chi connectivity index (χ1) is 32.0. The number of para-hydroxylation sites is 3. The number of ether oxygens (including phenoxy) is 2. The number of nitrogens with one attached hydrogen (secondary N) is 1. The van der Waals surface area contributed by atoms with Gasteiger partial charge in [-0.05, 0) is 75.9 Å². The van der Waals surface area contributed by atoms with E-state index < -0.39 is 46.5 Å². The number of rotatable bonds is 15. The molecule has 2 amide bonds. The lowest BCUT2D eigenvalue weighted by atomic mass is 10.0. The van der Waals surface area contributed by atoms with Crippen LogP contribution in [0.15, 0.2) is 59.4 Å². The monoisotopic (exact) mass is 1110 g/mol. The van der Waals surface area contributed by atoms with Crippen LogP contribution in [0.3, 0.4) is 0 Å². The van der Waals surface area contributed by atoms with Gasteiger partial charge >= 0.3 is 18.2 Å². The number of methoxy groups -OCH3 is 1. The maximum Gasteiger partial charge on any atom is 0.355 e.